The quantitative estimate of drug-likeness (QED) is 0.391. The van der Waals surface area contributed by atoms with Gasteiger partial charge in [-0.3, -0.25) is 4.79 Å². The van der Waals surface area contributed by atoms with Gasteiger partial charge in [0.25, 0.3) is 0 Å². The molecular weight excluding hydrogens is 570 g/mol. The molecule has 3 heterocycles. The fourth-order valence-electron chi connectivity index (χ4n) is 5.82. The van der Waals surface area contributed by atoms with Gasteiger partial charge in [0, 0.05) is 45.2 Å². The van der Waals surface area contributed by atoms with E-state index in [2.05, 4.69) is 4.90 Å². The van der Waals surface area contributed by atoms with E-state index in [-0.39, 0.29) is 29.2 Å². The molecule has 1 aromatic rings. The van der Waals surface area contributed by atoms with Gasteiger partial charge in [0.2, 0.25) is 10.0 Å². The summed E-state index contributed by atoms with van der Waals surface area (Å²) in [6.07, 6.45) is 5.76. The van der Waals surface area contributed by atoms with Gasteiger partial charge in [0.05, 0.1) is 17.4 Å². The lowest BCUT2D eigenvalue weighted by Crippen LogP contribution is -2.48. The van der Waals surface area contributed by atoms with Gasteiger partial charge >= 0.3 is 12.1 Å². The number of carbonyl (C=O) groups is 2. The van der Waals surface area contributed by atoms with E-state index in [4.69, 9.17) is 9.47 Å². The van der Waals surface area contributed by atoms with Crippen LogP contribution in [0.2, 0.25) is 0 Å². The number of ether oxygens (including phenoxy) is 2. The molecule has 0 aliphatic carbocycles. The smallest absolute Gasteiger partial charge is 0.410 e. The van der Waals surface area contributed by atoms with E-state index >= 15 is 0 Å². The summed E-state index contributed by atoms with van der Waals surface area (Å²) in [5, 5.41) is 10.6. The highest BCUT2D eigenvalue weighted by molar-refractivity contribution is 7.89. The van der Waals surface area contributed by atoms with E-state index in [9.17, 15) is 23.1 Å². The molecule has 1 amide bonds. The molecule has 0 radical (unpaired) electrons. The minimum atomic E-state index is -3.57. The molecule has 43 heavy (non-hydrogen) atoms. The molecule has 2 fully saturated rings. The number of amides is 1. The predicted molar refractivity (Wildman–Crippen MR) is 165 cm³/mol. The highest BCUT2D eigenvalue weighted by Crippen LogP contribution is 2.27. The summed E-state index contributed by atoms with van der Waals surface area (Å²) in [4.78, 5) is 30.0. The fourth-order valence-corrected chi connectivity index (χ4v) is 7.39. The van der Waals surface area contributed by atoms with Crippen LogP contribution < -0.4 is 0 Å². The first-order valence-electron chi connectivity index (χ1n) is 15.4. The van der Waals surface area contributed by atoms with Gasteiger partial charge in [0.15, 0.2) is 0 Å². The third kappa shape index (κ3) is 8.90. The van der Waals surface area contributed by atoms with Crippen LogP contribution >= 0.6 is 0 Å². The SMILES string of the molecule is C/C(=C\c1cccc(S(=O)(=O)N2CCCC2)c1)[C@H]1OC(=O)C[C@H](O)CC[C@H](C)[C@@H](OC(=O)N2CCN(C)CC2)/C=C\[C@@H]1C. The van der Waals surface area contributed by atoms with Crippen molar-refractivity contribution in [1.29, 1.82) is 0 Å². The van der Waals surface area contributed by atoms with Crippen LogP contribution in [0.25, 0.3) is 6.08 Å². The molecule has 5 atom stereocenters. The van der Waals surface area contributed by atoms with Crippen LogP contribution in [-0.4, -0.2) is 104 Å². The minimum absolute atomic E-state index is 0.0691. The van der Waals surface area contributed by atoms with Crippen LogP contribution in [0.1, 0.15) is 58.4 Å². The van der Waals surface area contributed by atoms with Crippen LogP contribution in [-0.2, 0) is 24.3 Å². The highest BCUT2D eigenvalue weighted by Gasteiger charge is 2.30. The number of benzene rings is 1. The van der Waals surface area contributed by atoms with Gasteiger partial charge in [-0.1, -0.05) is 38.1 Å². The third-order valence-electron chi connectivity index (χ3n) is 8.66. The lowest BCUT2D eigenvalue weighted by Gasteiger charge is -2.33. The van der Waals surface area contributed by atoms with Crippen molar-refractivity contribution < 1.29 is 32.6 Å². The number of rotatable bonds is 5. The van der Waals surface area contributed by atoms with Crippen LogP contribution in [0.4, 0.5) is 4.79 Å². The minimum Gasteiger partial charge on any atom is -0.457 e. The van der Waals surface area contributed by atoms with Crippen molar-refractivity contribution in [3.63, 3.8) is 0 Å². The van der Waals surface area contributed by atoms with Crippen molar-refractivity contribution in [3.05, 3.63) is 47.6 Å². The predicted octanol–water partition coefficient (Wildman–Crippen LogP) is 3.91. The molecule has 1 aromatic carbocycles. The summed E-state index contributed by atoms with van der Waals surface area (Å²) in [6, 6.07) is 6.79. The number of aliphatic hydroxyl groups is 1. The molecule has 11 heteroatoms. The Balaban J connectivity index is 1.56. The molecule has 0 spiro atoms. The van der Waals surface area contributed by atoms with Gasteiger partial charge in [-0.15, -0.1) is 0 Å². The standard InChI is InChI=1S/C32H47N3O7S/c1-23-10-12-27(36)22-30(37)42-31(24(2)11-13-29(23)41-32(38)34-18-16-33(4)17-19-34)25(3)20-26-8-7-9-28(21-26)43(39,40)35-14-5-6-15-35/h7-9,11,13,20-21,23-24,27,29,31,36H,5-6,10,12,14-19,22H2,1-4H3/b13-11-,25-20+/t23-,24-,27+,29-,31-/m0/s1. The summed E-state index contributed by atoms with van der Waals surface area (Å²) in [6.45, 7) is 9.61. The largest absolute Gasteiger partial charge is 0.457 e. The van der Waals surface area contributed by atoms with Gasteiger partial charge in [-0.05, 0) is 74.9 Å². The Morgan fingerprint density at radius 2 is 1.74 bits per heavy atom. The number of piperazine rings is 1. The first-order valence-corrected chi connectivity index (χ1v) is 16.9. The van der Waals surface area contributed by atoms with Gasteiger partial charge in [0.1, 0.15) is 12.2 Å². The summed E-state index contributed by atoms with van der Waals surface area (Å²) in [7, 11) is -1.55. The molecule has 2 saturated heterocycles. The van der Waals surface area contributed by atoms with Crippen LogP contribution in [0.5, 0.6) is 0 Å². The number of likely N-dealkylation sites (N-methyl/N-ethyl adjacent to an activating group) is 1. The van der Waals surface area contributed by atoms with Crippen LogP contribution in [0, 0.1) is 11.8 Å². The van der Waals surface area contributed by atoms with Crippen molar-refractivity contribution in [3.8, 4) is 0 Å². The van der Waals surface area contributed by atoms with Crippen molar-refractivity contribution in [2.75, 3.05) is 46.3 Å². The van der Waals surface area contributed by atoms with E-state index < -0.39 is 34.3 Å². The number of sulfonamides is 1. The van der Waals surface area contributed by atoms with E-state index in [0.717, 1.165) is 31.5 Å². The zero-order valence-electron chi connectivity index (χ0n) is 25.9. The molecular formula is C32H47N3O7S. The number of hydrogen-bond donors (Lipinski definition) is 1. The molecule has 4 rings (SSSR count). The van der Waals surface area contributed by atoms with E-state index in [1.807, 2.05) is 52.1 Å². The number of cyclic esters (lactones) is 1. The van der Waals surface area contributed by atoms with Gasteiger partial charge in [-0.25, -0.2) is 13.2 Å². The Hall–Kier alpha value is -2.73. The maximum atomic E-state index is 13.1. The number of aliphatic hydroxyl groups excluding tert-OH is 1. The summed E-state index contributed by atoms with van der Waals surface area (Å²) in [5.74, 6) is -0.854. The number of nitrogens with zero attached hydrogens (tertiary/aromatic N) is 3. The number of hydrogen-bond acceptors (Lipinski definition) is 8. The van der Waals surface area contributed by atoms with Crippen molar-refractivity contribution >= 4 is 28.2 Å². The summed E-state index contributed by atoms with van der Waals surface area (Å²) < 4.78 is 39.7. The normalized spacial score (nSPS) is 29.8. The first kappa shape index (κ1) is 33.2. The summed E-state index contributed by atoms with van der Waals surface area (Å²) >= 11 is 0. The molecule has 10 nitrogen and oxygen atoms in total. The zero-order chi connectivity index (χ0) is 31.1. The lowest BCUT2D eigenvalue weighted by atomic mass is 9.91. The molecule has 1 N–H and O–H groups in total. The van der Waals surface area contributed by atoms with Crippen molar-refractivity contribution in [1.82, 2.24) is 14.1 Å². The third-order valence-corrected chi connectivity index (χ3v) is 10.6. The Morgan fingerprint density at radius 3 is 2.44 bits per heavy atom. The van der Waals surface area contributed by atoms with Crippen LogP contribution in [0.3, 0.4) is 0 Å². The highest BCUT2D eigenvalue weighted by atomic mass is 32.2. The molecule has 0 unspecified atom stereocenters. The second kappa shape index (κ2) is 14.8. The maximum absolute atomic E-state index is 13.1. The molecule has 3 aliphatic rings. The second-order valence-electron chi connectivity index (χ2n) is 12.3. The molecule has 3 aliphatic heterocycles. The number of esters is 1. The molecule has 0 saturated carbocycles. The van der Waals surface area contributed by atoms with Gasteiger partial charge in [-0.2, -0.15) is 4.31 Å². The Morgan fingerprint density at radius 1 is 1.05 bits per heavy atom. The number of carbonyl (C=O) groups excluding carboxylic acids is 2. The summed E-state index contributed by atoms with van der Waals surface area (Å²) in [5.41, 5.74) is 1.41. The van der Waals surface area contributed by atoms with Crippen molar-refractivity contribution in [2.24, 2.45) is 11.8 Å². The average molecular weight is 618 g/mol. The lowest BCUT2D eigenvalue weighted by molar-refractivity contribution is -0.151. The second-order valence-corrected chi connectivity index (χ2v) is 14.2. The fraction of sp³-hybridized carbons (Fsp3) is 0.625. The zero-order valence-corrected chi connectivity index (χ0v) is 26.7. The first-order chi connectivity index (χ1) is 20.4. The Labute approximate surface area is 256 Å². The maximum Gasteiger partial charge on any atom is 0.410 e. The molecule has 0 aromatic heterocycles. The monoisotopic (exact) mass is 617 g/mol. The molecule has 238 valence electrons. The van der Waals surface area contributed by atoms with E-state index in [1.54, 1.807) is 23.1 Å². The van der Waals surface area contributed by atoms with Crippen LogP contribution in [0.15, 0.2) is 46.9 Å². The average Bonchev–Trinajstić information content (AvgIpc) is 3.53. The van der Waals surface area contributed by atoms with Gasteiger partial charge < -0.3 is 24.4 Å². The Bertz CT molecular complexity index is 1280. The van der Waals surface area contributed by atoms with Crippen molar-refractivity contribution in [2.45, 2.75) is 76.1 Å². The Kier molecular flexibility index (Phi) is 11.4. The topological polar surface area (TPSA) is 117 Å². The van der Waals surface area contributed by atoms with E-state index in [1.165, 1.54) is 4.31 Å². The molecule has 0 bridgehead atoms. The van der Waals surface area contributed by atoms with E-state index in [0.29, 0.717) is 44.6 Å².